The van der Waals surface area contributed by atoms with E-state index < -0.39 is 37.9 Å². The second kappa shape index (κ2) is 9.13. The molecule has 1 amide bonds. The van der Waals surface area contributed by atoms with Crippen molar-refractivity contribution in [3.63, 3.8) is 0 Å². The largest absolute Gasteiger partial charge is 0.348 e. The molecule has 0 spiro atoms. The quantitative estimate of drug-likeness (QED) is 0.637. The molecule has 0 bridgehead atoms. The lowest BCUT2D eigenvalue weighted by Gasteiger charge is -2.30. The SMILES string of the molecule is C[C@H](NC(=O)[C@@H](C)N(c1cc(Cl)ccc1Cl)S(C)(=O)=O)c1ccc(S(C)(=O)=O)cc1. The van der Waals surface area contributed by atoms with E-state index in [0.29, 0.717) is 5.56 Å². The summed E-state index contributed by atoms with van der Waals surface area (Å²) in [7, 11) is -7.19. The number of halogens is 2. The van der Waals surface area contributed by atoms with Crippen LogP contribution in [0.25, 0.3) is 0 Å². The number of hydrogen-bond donors (Lipinski definition) is 1. The molecule has 11 heteroatoms. The molecule has 0 aliphatic carbocycles. The lowest BCUT2D eigenvalue weighted by Crippen LogP contribution is -2.48. The molecule has 2 rings (SSSR count). The first-order valence-electron chi connectivity index (χ1n) is 8.76. The summed E-state index contributed by atoms with van der Waals surface area (Å²) in [6.07, 6.45) is 2.08. The van der Waals surface area contributed by atoms with Crippen LogP contribution in [0.4, 0.5) is 5.69 Å². The molecule has 2 atom stereocenters. The maximum Gasteiger partial charge on any atom is 0.244 e. The molecule has 0 saturated heterocycles. The van der Waals surface area contributed by atoms with E-state index in [9.17, 15) is 21.6 Å². The number of nitrogens with one attached hydrogen (secondary N) is 1. The number of sulfone groups is 1. The Bertz CT molecular complexity index is 1150. The molecule has 0 aromatic heterocycles. The Morgan fingerprint density at radius 1 is 0.967 bits per heavy atom. The zero-order chi connectivity index (χ0) is 22.9. The fraction of sp³-hybridized carbons (Fsp3) is 0.316. The summed E-state index contributed by atoms with van der Waals surface area (Å²) in [5, 5.41) is 3.15. The maximum atomic E-state index is 12.8. The van der Waals surface area contributed by atoms with Crippen LogP contribution in [0.2, 0.25) is 10.0 Å². The maximum absolute atomic E-state index is 12.8. The zero-order valence-corrected chi connectivity index (χ0v) is 19.9. The number of carbonyl (C=O) groups excluding carboxylic acids is 1. The molecule has 0 aliphatic heterocycles. The second-order valence-electron chi connectivity index (χ2n) is 6.90. The molecule has 30 heavy (non-hydrogen) atoms. The Balaban J connectivity index is 2.28. The van der Waals surface area contributed by atoms with Crippen LogP contribution in [-0.4, -0.2) is 41.3 Å². The molecule has 0 aliphatic rings. The van der Waals surface area contributed by atoms with Crippen LogP contribution >= 0.6 is 23.2 Å². The summed E-state index contributed by atoms with van der Waals surface area (Å²) in [6, 6.07) is 8.81. The fourth-order valence-electron chi connectivity index (χ4n) is 2.86. The Morgan fingerprint density at radius 3 is 2.03 bits per heavy atom. The van der Waals surface area contributed by atoms with E-state index in [2.05, 4.69) is 5.32 Å². The Labute approximate surface area is 187 Å². The molecular weight excluding hydrogens is 471 g/mol. The van der Waals surface area contributed by atoms with Gasteiger partial charge in [0.25, 0.3) is 0 Å². The van der Waals surface area contributed by atoms with E-state index in [1.807, 2.05) is 0 Å². The van der Waals surface area contributed by atoms with E-state index in [-0.39, 0.29) is 20.6 Å². The number of amides is 1. The molecule has 0 saturated carbocycles. The third-order valence-corrected chi connectivity index (χ3v) is 7.31. The summed E-state index contributed by atoms with van der Waals surface area (Å²) in [5.41, 5.74) is 0.758. The van der Waals surface area contributed by atoms with Gasteiger partial charge in [0.2, 0.25) is 15.9 Å². The van der Waals surface area contributed by atoms with Crippen molar-refractivity contribution in [1.29, 1.82) is 0 Å². The van der Waals surface area contributed by atoms with Gasteiger partial charge in [0.15, 0.2) is 9.84 Å². The molecular formula is C19H22Cl2N2O5S2. The first-order valence-corrected chi connectivity index (χ1v) is 13.3. The monoisotopic (exact) mass is 492 g/mol. The van der Waals surface area contributed by atoms with Crippen LogP contribution in [0, 0.1) is 0 Å². The fourth-order valence-corrected chi connectivity index (χ4v) is 5.09. The molecule has 0 heterocycles. The summed E-state index contributed by atoms with van der Waals surface area (Å²) < 4.78 is 48.9. The summed E-state index contributed by atoms with van der Waals surface area (Å²) in [4.78, 5) is 13.0. The van der Waals surface area contributed by atoms with Crippen LogP contribution in [-0.2, 0) is 24.7 Å². The highest BCUT2D eigenvalue weighted by Crippen LogP contribution is 2.32. The number of nitrogens with zero attached hydrogens (tertiary/aromatic N) is 1. The van der Waals surface area contributed by atoms with Crippen molar-refractivity contribution in [3.8, 4) is 0 Å². The molecule has 0 fully saturated rings. The number of benzene rings is 2. The van der Waals surface area contributed by atoms with Gasteiger partial charge in [0, 0.05) is 11.3 Å². The minimum absolute atomic E-state index is 0.0967. The molecule has 0 radical (unpaired) electrons. The van der Waals surface area contributed by atoms with Gasteiger partial charge in [-0.15, -0.1) is 0 Å². The summed E-state index contributed by atoms with van der Waals surface area (Å²) >= 11 is 12.1. The van der Waals surface area contributed by atoms with Gasteiger partial charge >= 0.3 is 0 Å². The lowest BCUT2D eigenvalue weighted by molar-refractivity contribution is -0.122. The van der Waals surface area contributed by atoms with Crippen molar-refractivity contribution < 1.29 is 21.6 Å². The Morgan fingerprint density at radius 2 is 1.53 bits per heavy atom. The first kappa shape index (κ1) is 24.5. The first-order chi connectivity index (χ1) is 13.7. The molecule has 2 aromatic carbocycles. The minimum atomic E-state index is -3.86. The number of anilines is 1. The Hall–Kier alpha value is -1.81. The highest BCUT2D eigenvalue weighted by Gasteiger charge is 2.31. The van der Waals surface area contributed by atoms with E-state index >= 15 is 0 Å². The smallest absolute Gasteiger partial charge is 0.244 e. The molecule has 164 valence electrons. The predicted molar refractivity (Wildman–Crippen MR) is 119 cm³/mol. The van der Waals surface area contributed by atoms with Crippen LogP contribution in [0.5, 0.6) is 0 Å². The van der Waals surface area contributed by atoms with E-state index in [4.69, 9.17) is 23.2 Å². The van der Waals surface area contributed by atoms with Crippen molar-refractivity contribution in [1.82, 2.24) is 5.32 Å². The van der Waals surface area contributed by atoms with Crippen LogP contribution in [0.1, 0.15) is 25.5 Å². The number of hydrogen-bond acceptors (Lipinski definition) is 5. The molecule has 1 N–H and O–H groups in total. The van der Waals surface area contributed by atoms with Gasteiger partial charge < -0.3 is 5.32 Å². The van der Waals surface area contributed by atoms with Crippen molar-refractivity contribution in [2.45, 2.75) is 30.8 Å². The average molecular weight is 493 g/mol. The number of carbonyl (C=O) groups is 1. The third kappa shape index (κ3) is 5.87. The van der Waals surface area contributed by atoms with E-state index in [0.717, 1.165) is 16.8 Å². The van der Waals surface area contributed by atoms with Crippen molar-refractivity contribution >= 4 is 54.7 Å². The summed E-state index contributed by atoms with van der Waals surface area (Å²) in [6.45, 7) is 3.14. The summed E-state index contributed by atoms with van der Waals surface area (Å²) in [5.74, 6) is -0.559. The van der Waals surface area contributed by atoms with Crippen LogP contribution < -0.4 is 9.62 Å². The minimum Gasteiger partial charge on any atom is -0.348 e. The number of rotatable bonds is 7. The standard InChI is InChI=1S/C19H22Cl2N2O5S2/c1-12(14-5-8-16(9-6-14)29(3,25)26)22-19(24)13(2)23(30(4,27)28)18-11-15(20)7-10-17(18)21/h5-13H,1-4H3,(H,22,24)/t12-,13+/m0/s1. The van der Waals surface area contributed by atoms with Gasteiger partial charge in [-0.2, -0.15) is 0 Å². The van der Waals surface area contributed by atoms with Crippen molar-refractivity contribution in [2.24, 2.45) is 0 Å². The van der Waals surface area contributed by atoms with Crippen molar-refractivity contribution in [3.05, 3.63) is 58.1 Å². The molecule has 2 aromatic rings. The Kier molecular flexibility index (Phi) is 7.45. The lowest BCUT2D eigenvalue weighted by atomic mass is 10.1. The second-order valence-corrected chi connectivity index (χ2v) is 11.6. The van der Waals surface area contributed by atoms with Crippen LogP contribution in [0.3, 0.4) is 0 Å². The molecule has 7 nitrogen and oxygen atoms in total. The highest BCUT2D eigenvalue weighted by atomic mass is 35.5. The van der Waals surface area contributed by atoms with Gasteiger partial charge in [-0.3, -0.25) is 9.10 Å². The molecule has 0 unspecified atom stereocenters. The average Bonchev–Trinajstić information content (AvgIpc) is 2.62. The zero-order valence-electron chi connectivity index (χ0n) is 16.8. The number of sulfonamides is 1. The van der Waals surface area contributed by atoms with Gasteiger partial charge in [0.1, 0.15) is 6.04 Å². The van der Waals surface area contributed by atoms with Gasteiger partial charge in [-0.1, -0.05) is 35.3 Å². The van der Waals surface area contributed by atoms with Crippen molar-refractivity contribution in [2.75, 3.05) is 16.8 Å². The normalized spacial score (nSPS) is 14.1. The van der Waals surface area contributed by atoms with Crippen LogP contribution in [0.15, 0.2) is 47.4 Å². The highest BCUT2D eigenvalue weighted by molar-refractivity contribution is 7.92. The van der Waals surface area contributed by atoms with Gasteiger partial charge in [-0.25, -0.2) is 16.8 Å². The topological polar surface area (TPSA) is 101 Å². The van der Waals surface area contributed by atoms with Gasteiger partial charge in [0.05, 0.1) is 27.9 Å². The van der Waals surface area contributed by atoms with E-state index in [1.54, 1.807) is 19.1 Å². The van der Waals surface area contributed by atoms with Gasteiger partial charge in [-0.05, 0) is 49.7 Å². The predicted octanol–water partition coefficient (Wildman–Crippen LogP) is 3.43. The van der Waals surface area contributed by atoms with E-state index in [1.165, 1.54) is 37.3 Å². The third-order valence-electron chi connectivity index (χ3n) is 4.40.